The van der Waals surface area contributed by atoms with Gasteiger partial charge in [0.25, 0.3) is 0 Å². The molecule has 0 aromatic heterocycles. The van der Waals surface area contributed by atoms with Crippen molar-refractivity contribution in [1.82, 2.24) is 0 Å². The molecule has 3 aliphatic rings. The molecule has 1 atom stereocenters. The van der Waals surface area contributed by atoms with Crippen molar-refractivity contribution in [1.29, 1.82) is 0 Å². The average molecular weight is 601 g/mol. The molecule has 0 radical (unpaired) electrons. The number of benzene rings is 3. The fourth-order valence-electron chi connectivity index (χ4n) is 5.71. The molecule has 1 unspecified atom stereocenters. The molecule has 3 aromatic rings. The van der Waals surface area contributed by atoms with Crippen LogP contribution in [0.5, 0.6) is 0 Å². The predicted octanol–water partition coefficient (Wildman–Crippen LogP) is 8.33. The van der Waals surface area contributed by atoms with Crippen molar-refractivity contribution in [2.24, 2.45) is 0 Å². The molecule has 0 amide bonds. The highest BCUT2D eigenvalue weighted by Gasteiger charge is 2.20. The zero-order chi connectivity index (χ0) is 30.7. The first kappa shape index (κ1) is 34.1. The first-order valence-corrected chi connectivity index (χ1v) is 16.6. The standard InChI is InChI=1S/2C13H18O2.C13H16O/c2*14-12-6-8-13(9-7-12)15-10-11-4-2-1-3-5-11;1-3-7-12(8-4-1)11-14-13-9-5-2-6-10-13/h2*1-5,12-14H,6-10H2;1-5,7-8,13H,6,9-11H2. The fourth-order valence-corrected chi connectivity index (χ4v) is 5.71. The quantitative estimate of drug-likeness (QED) is 0.242. The Morgan fingerprint density at radius 1 is 0.432 bits per heavy atom. The summed E-state index contributed by atoms with van der Waals surface area (Å²) in [5.74, 6) is 0. The number of hydrogen-bond donors (Lipinski definition) is 2. The summed E-state index contributed by atoms with van der Waals surface area (Å²) in [5, 5.41) is 18.7. The maximum atomic E-state index is 9.36. The van der Waals surface area contributed by atoms with E-state index >= 15 is 0 Å². The third-order valence-electron chi connectivity index (χ3n) is 8.49. The number of aliphatic hydroxyl groups excluding tert-OH is 2. The van der Waals surface area contributed by atoms with Crippen LogP contribution in [0.1, 0.15) is 87.3 Å². The van der Waals surface area contributed by atoms with Gasteiger partial charge >= 0.3 is 0 Å². The number of ether oxygens (including phenoxy) is 3. The van der Waals surface area contributed by atoms with Gasteiger partial charge in [-0.05, 0) is 87.3 Å². The van der Waals surface area contributed by atoms with Gasteiger partial charge in [-0.2, -0.15) is 0 Å². The van der Waals surface area contributed by atoms with Crippen LogP contribution in [0.25, 0.3) is 0 Å². The molecule has 5 heteroatoms. The van der Waals surface area contributed by atoms with Crippen LogP contribution in [0.2, 0.25) is 0 Å². The number of allylic oxidation sites excluding steroid dienone is 1. The third-order valence-corrected chi connectivity index (χ3v) is 8.49. The van der Waals surface area contributed by atoms with E-state index in [4.69, 9.17) is 14.2 Å². The van der Waals surface area contributed by atoms with E-state index in [1.165, 1.54) is 29.5 Å². The van der Waals surface area contributed by atoms with Gasteiger partial charge in [-0.3, -0.25) is 0 Å². The Labute approximate surface area is 264 Å². The van der Waals surface area contributed by atoms with Crippen LogP contribution >= 0.6 is 0 Å². The highest BCUT2D eigenvalue weighted by atomic mass is 16.5. The minimum Gasteiger partial charge on any atom is -0.393 e. The van der Waals surface area contributed by atoms with Crippen molar-refractivity contribution in [3.8, 4) is 0 Å². The Morgan fingerprint density at radius 3 is 1.14 bits per heavy atom. The van der Waals surface area contributed by atoms with E-state index in [1.54, 1.807) is 0 Å². The lowest BCUT2D eigenvalue weighted by Crippen LogP contribution is -2.24. The van der Waals surface area contributed by atoms with Crippen LogP contribution in [-0.4, -0.2) is 40.7 Å². The molecule has 3 aromatic carbocycles. The summed E-state index contributed by atoms with van der Waals surface area (Å²) in [4.78, 5) is 0. The van der Waals surface area contributed by atoms with Crippen LogP contribution in [-0.2, 0) is 34.0 Å². The van der Waals surface area contributed by atoms with E-state index in [1.807, 2.05) is 42.5 Å². The van der Waals surface area contributed by atoms with E-state index in [2.05, 4.69) is 60.7 Å². The summed E-state index contributed by atoms with van der Waals surface area (Å²) in [7, 11) is 0. The van der Waals surface area contributed by atoms with Crippen molar-refractivity contribution in [3.05, 3.63) is 120 Å². The number of aliphatic hydroxyl groups is 2. The Balaban J connectivity index is 0.000000151. The van der Waals surface area contributed by atoms with Crippen molar-refractivity contribution in [2.45, 2.75) is 121 Å². The van der Waals surface area contributed by atoms with Crippen LogP contribution in [0.15, 0.2) is 103 Å². The summed E-state index contributed by atoms with van der Waals surface area (Å²) in [6.07, 6.45) is 16.3. The van der Waals surface area contributed by atoms with Crippen LogP contribution in [0.3, 0.4) is 0 Å². The van der Waals surface area contributed by atoms with Gasteiger partial charge in [0.1, 0.15) is 0 Å². The van der Waals surface area contributed by atoms with Gasteiger partial charge in [-0.1, -0.05) is 103 Å². The molecule has 2 saturated carbocycles. The van der Waals surface area contributed by atoms with Crippen LogP contribution in [0, 0.1) is 0 Å². The van der Waals surface area contributed by atoms with E-state index in [-0.39, 0.29) is 12.2 Å². The first-order valence-electron chi connectivity index (χ1n) is 16.6. The smallest absolute Gasteiger partial charge is 0.0720 e. The van der Waals surface area contributed by atoms with Crippen molar-refractivity contribution < 1.29 is 24.4 Å². The zero-order valence-electron chi connectivity index (χ0n) is 26.2. The van der Waals surface area contributed by atoms with Gasteiger partial charge in [-0.15, -0.1) is 0 Å². The normalized spacial score (nSPS) is 24.7. The molecular weight excluding hydrogens is 548 g/mol. The Kier molecular flexibility index (Phi) is 15.7. The molecule has 0 aliphatic heterocycles. The van der Waals surface area contributed by atoms with Crippen molar-refractivity contribution in [2.75, 3.05) is 0 Å². The topological polar surface area (TPSA) is 68.2 Å². The van der Waals surface area contributed by atoms with Gasteiger partial charge in [0.15, 0.2) is 0 Å². The van der Waals surface area contributed by atoms with E-state index in [0.29, 0.717) is 31.5 Å². The summed E-state index contributed by atoms with van der Waals surface area (Å²) < 4.78 is 17.4. The molecule has 0 spiro atoms. The lowest BCUT2D eigenvalue weighted by molar-refractivity contribution is -0.0118. The first-order chi connectivity index (χ1) is 21.6. The maximum Gasteiger partial charge on any atom is 0.0720 e. The predicted molar refractivity (Wildman–Crippen MR) is 177 cm³/mol. The SMILES string of the molecule is C1=CCC(OCc2ccccc2)CC1.OC1CCC(OCc2ccccc2)CC1.OC1CCC(OCc2ccccc2)CC1. The third kappa shape index (κ3) is 13.9. The molecule has 6 rings (SSSR count). The number of hydrogen-bond acceptors (Lipinski definition) is 5. The molecule has 2 fully saturated rings. The molecule has 2 N–H and O–H groups in total. The molecule has 0 saturated heterocycles. The van der Waals surface area contributed by atoms with Crippen LogP contribution < -0.4 is 0 Å². The zero-order valence-corrected chi connectivity index (χ0v) is 26.2. The lowest BCUT2D eigenvalue weighted by atomic mass is 9.95. The van der Waals surface area contributed by atoms with Gasteiger partial charge < -0.3 is 24.4 Å². The highest BCUT2D eigenvalue weighted by molar-refractivity contribution is 5.15. The molecule has 0 heterocycles. The molecule has 0 bridgehead atoms. The average Bonchev–Trinajstić information content (AvgIpc) is 3.09. The molecular formula is C39H52O5. The minimum absolute atomic E-state index is 0.0958. The summed E-state index contributed by atoms with van der Waals surface area (Å²) in [6.45, 7) is 2.14. The Hall–Kier alpha value is -2.80. The van der Waals surface area contributed by atoms with Gasteiger partial charge in [0.2, 0.25) is 0 Å². The monoisotopic (exact) mass is 600 g/mol. The second-order valence-electron chi connectivity index (χ2n) is 12.2. The minimum atomic E-state index is -0.0958. The van der Waals surface area contributed by atoms with E-state index < -0.39 is 0 Å². The molecule has 238 valence electrons. The van der Waals surface area contributed by atoms with Crippen molar-refractivity contribution >= 4 is 0 Å². The number of rotatable bonds is 9. The molecule has 44 heavy (non-hydrogen) atoms. The fraction of sp³-hybridized carbons (Fsp3) is 0.487. The molecule has 5 nitrogen and oxygen atoms in total. The second kappa shape index (κ2) is 20.3. The van der Waals surface area contributed by atoms with E-state index in [9.17, 15) is 10.2 Å². The lowest BCUT2D eigenvalue weighted by Gasteiger charge is -2.25. The van der Waals surface area contributed by atoms with E-state index in [0.717, 1.165) is 64.4 Å². The largest absolute Gasteiger partial charge is 0.393 e. The summed E-state index contributed by atoms with van der Waals surface area (Å²) in [6, 6.07) is 30.8. The summed E-state index contributed by atoms with van der Waals surface area (Å²) >= 11 is 0. The van der Waals surface area contributed by atoms with Crippen molar-refractivity contribution in [3.63, 3.8) is 0 Å². The van der Waals surface area contributed by atoms with Crippen LogP contribution in [0.4, 0.5) is 0 Å². The Bertz CT molecular complexity index is 1080. The molecule has 3 aliphatic carbocycles. The highest BCUT2D eigenvalue weighted by Crippen LogP contribution is 2.23. The second-order valence-corrected chi connectivity index (χ2v) is 12.2. The van der Waals surface area contributed by atoms with Gasteiger partial charge in [0, 0.05) is 0 Å². The maximum absolute atomic E-state index is 9.36. The van der Waals surface area contributed by atoms with Gasteiger partial charge in [-0.25, -0.2) is 0 Å². The Morgan fingerprint density at radius 2 is 0.795 bits per heavy atom. The van der Waals surface area contributed by atoms with Gasteiger partial charge in [0.05, 0.1) is 50.3 Å². The summed E-state index contributed by atoms with van der Waals surface area (Å²) in [5.41, 5.74) is 3.72.